The first kappa shape index (κ1) is 25.7. The number of carbonyl (C=O) groups is 4. The maximum atomic E-state index is 12.9. The van der Waals surface area contributed by atoms with Gasteiger partial charge in [-0.3, -0.25) is 19.3 Å². The normalized spacial score (nSPS) is 17.0. The highest BCUT2D eigenvalue weighted by Crippen LogP contribution is 2.35. The molecule has 4 rings (SSSR count). The Balaban J connectivity index is 1.40. The summed E-state index contributed by atoms with van der Waals surface area (Å²) in [6, 6.07) is 12.2. The molecule has 2 saturated heterocycles. The first-order valence-corrected chi connectivity index (χ1v) is 12.5. The van der Waals surface area contributed by atoms with Crippen LogP contribution < -0.4 is 15.0 Å². The molecule has 2 heterocycles. The molecule has 2 aromatic rings. The van der Waals surface area contributed by atoms with Crippen LogP contribution in [0.15, 0.2) is 51.8 Å². The second-order valence-electron chi connectivity index (χ2n) is 7.83. The maximum Gasteiger partial charge on any atom is 0.341 e. The van der Waals surface area contributed by atoms with Gasteiger partial charge in [0.2, 0.25) is 5.91 Å². The van der Waals surface area contributed by atoms with E-state index < -0.39 is 36.2 Å². The van der Waals surface area contributed by atoms with E-state index in [0.29, 0.717) is 40.7 Å². The zero-order valence-corrected chi connectivity index (χ0v) is 21.3. The Bertz CT molecular complexity index is 1210. The molecule has 0 aromatic heterocycles. The molecule has 3 amide bonds. The van der Waals surface area contributed by atoms with Gasteiger partial charge in [0.1, 0.15) is 12.3 Å². The molecule has 0 bridgehead atoms. The number of aliphatic carboxylic acids is 1. The number of thioether (sulfide) groups is 1. The summed E-state index contributed by atoms with van der Waals surface area (Å²) >= 11 is 4.02. The molecule has 0 atom stereocenters. The topological polar surface area (TPSA) is 125 Å². The predicted molar refractivity (Wildman–Crippen MR) is 138 cm³/mol. The third-order valence-corrected chi connectivity index (χ3v) is 6.71. The fourth-order valence-electron chi connectivity index (χ4n) is 3.60. The van der Waals surface area contributed by atoms with Crippen LogP contribution >= 0.6 is 27.7 Å². The van der Waals surface area contributed by atoms with Crippen LogP contribution in [0.25, 0.3) is 6.08 Å². The number of rotatable bonds is 8. The molecule has 2 aliphatic heterocycles. The number of hydrogen-bond acceptors (Lipinski definition) is 8. The van der Waals surface area contributed by atoms with E-state index in [1.807, 2.05) is 12.1 Å². The number of ether oxygens (including phenoxy) is 2. The summed E-state index contributed by atoms with van der Waals surface area (Å²) in [5, 5.41) is 11.0. The third kappa shape index (κ3) is 6.45. The zero-order valence-electron chi connectivity index (χ0n) is 18.9. The lowest BCUT2D eigenvalue weighted by molar-refractivity contribution is -0.139. The summed E-state index contributed by atoms with van der Waals surface area (Å²) in [7, 11) is 0. The standard InChI is InChI=1S/C24H22BrN3O7S/c25-16-1-6-19(35-14-22(30)31)15(11-16)12-20-23(32)28(24(33)36-20)13-21(29)26-17-2-4-18(5-3-17)27-7-9-34-10-8-27/h1-6,11-12H,7-10,13-14H2,(H,26,29)(H,30,31)/b20-12+. The Kier molecular flexibility index (Phi) is 8.28. The molecule has 2 aromatic carbocycles. The molecule has 0 saturated carbocycles. The van der Waals surface area contributed by atoms with Gasteiger partial charge in [0.05, 0.1) is 18.1 Å². The van der Waals surface area contributed by atoms with Gasteiger partial charge in [-0.1, -0.05) is 15.9 Å². The van der Waals surface area contributed by atoms with Crippen LogP contribution in [-0.2, 0) is 19.1 Å². The fraction of sp³-hybridized carbons (Fsp3) is 0.250. The summed E-state index contributed by atoms with van der Waals surface area (Å²) in [5.74, 6) is -2.03. The minimum absolute atomic E-state index is 0.0981. The van der Waals surface area contributed by atoms with E-state index in [9.17, 15) is 19.2 Å². The van der Waals surface area contributed by atoms with Crippen LogP contribution in [-0.4, -0.2) is 72.5 Å². The summed E-state index contributed by atoms with van der Waals surface area (Å²) < 4.78 is 11.3. The first-order valence-electron chi connectivity index (χ1n) is 10.9. The second-order valence-corrected chi connectivity index (χ2v) is 9.74. The van der Waals surface area contributed by atoms with Crippen molar-refractivity contribution in [1.29, 1.82) is 0 Å². The van der Waals surface area contributed by atoms with Gasteiger partial charge in [0, 0.05) is 34.5 Å². The number of hydrogen-bond donors (Lipinski definition) is 2. The van der Waals surface area contributed by atoms with Gasteiger partial charge in [-0.05, 0) is 60.3 Å². The Morgan fingerprint density at radius 3 is 2.56 bits per heavy atom. The van der Waals surface area contributed by atoms with E-state index in [-0.39, 0.29) is 10.7 Å². The maximum absolute atomic E-state index is 12.9. The number of nitrogens with zero attached hydrogens (tertiary/aromatic N) is 2. The smallest absolute Gasteiger partial charge is 0.341 e. The lowest BCUT2D eigenvalue weighted by atomic mass is 10.2. The van der Waals surface area contributed by atoms with E-state index in [0.717, 1.165) is 23.7 Å². The number of morpholine rings is 1. The van der Waals surface area contributed by atoms with Gasteiger partial charge in [-0.25, -0.2) is 4.79 Å². The van der Waals surface area contributed by atoms with E-state index in [2.05, 4.69) is 26.1 Å². The second kappa shape index (κ2) is 11.6. The van der Waals surface area contributed by atoms with E-state index >= 15 is 0 Å². The van der Waals surface area contributed by atoms with Crippen molar-refractivity contribution in [2.24, 2.45) is 0 Å². The Morgan fingerprint density at radius 2 is 1.86 bits per heavy atom. The minimum atomic E-state index is -1.15. The third-order valence-electron chi connectivity index (χ3n) is 5.31. The molecule has 0 unspecified atom stereocenters. The Labute approximate surface area is 219 Å². The number of anilines is 2. The van der Waals surface area contributed by atoms with Gasteiger partial charge < -0.3 is 24.8 Å². The van der Waals surface area contributed by atoms with Crippen molar-refractivity contribution < 1.29 is 33.8 Å². The van der Waals surface area contributed by atoms with Crippen LogP contribution in [0.4, 0.5) is 16.2 Å². The van der Waals surface area contributed by atoms with E-state index in [4.69, 9.17) is 14.6 Å². The number of halogens is 1. The number of carbonyl (C=O) groups excluding carboxylic acids is 3. The van der Waals surface area contributed by atoms with Crippen molar-refractivity contribution in [3.63, 3.8) is 0 Å². The van der Waals surface area contributed by atoms with Crippen LogP contribution in [0, 0.1) is 0 Å². The van der Waals surface area contributed by atoms with Crippen LogP contribution in [0.5, 0.6) is 5.75 Å². The minimum Gasteiger partial charge on any atom is -0.481 e. The van der Waals surface area contributed by atoms with Crippen molar-refractivity contribution in [3.8, 4) is 5.75 Å². The lowest BCUT2D eigenvalue weighted by Crippen LogP contribution is -2.36. The average molecular weight is 576 g/mol. The summed E-state index contributed by atoms with van der Waals surface area (Å²) in [6.07, 6.45) is 1.44. The van der Waals surface area contributed by atoms with Crippen molar-refractivity contribution in [2.75, 3.05) is 49.7 Å². The van der Waals surface area contributed by atoms with Crippen LogP contribution in [0.1, 0.15) is 5.56 Å². The van der Waals surface area contributed by atoms with E-state index in [1.165, 1.54) is 6.08 Å². The average Bonchev–Trinajstić information content (AvgIpc) is 3.11. The molecule has 0 spiro atoms. The SMILES string of the molecule is O=C(O)COc1ccc(Br)cc1/C=C1/SC(=O)N(CC(=O)Nc2ccc(N3CCOCC3)cc2)C1=O. The van der Waals surface area contributed by atoms with Crippen molar-refractivity contribution in [3.05, 3.63) is 57.4 Å². The predicted octanol–water partition coefficient (Wildman–Crippen LogP) is 3.42. The van der Waals surface area contributed by atoms with Gasteiger partial charge in [0.25, 0.3) is 11.1 Å². The summed E-state index contributed by atoms with van der Waals surface area (Å²) in [6.45, 7) is 1.94. The highest BCUT2D eigenvalue weighted by Gasteiger charge is 2.36. The van der Waals surface area contributed by atoms with Crippen molar-refractivity contribution >= 4 is 68.2 Å². The number of carboxylic acid groups (broad SMARTS) is 1. The van der Waals surface area contributed by atoms with Crippen LogP contribution in [0.2, 0.25) is 0 Å². The number of amides is 3. The van der Waals surface area contributed by atoms with Gasteiger partial charge in [-0.2, -0.15) is 0 Å². The molecule has 10 nitrogen and oxygen atoms in total. The fourth-order valence-corrected chi connectivity index (χ4v) is 4.81. The number of imide groups is 1. The first-order chi connectivity index (χ1) is 17.3. The summed E-state index contributed by atoms with van der Waals surface area (Å²) in [5.41, 5.74) is 1.99. The molecule has 12 heteroatoms. The van der Waals surface area contributed by atoms with Gasteiger partial charge in [0.15, 0.2) is 6.61 Å². The number of carboxylic acids is 1. The van der Waals surface area contributed by atoms with Crippen molar-refractivity contribution in [2.45, 2.75) is 0 Å². The molecule has 188 valence electrons. The van der Waals surface area contributed by atoms with Gasteiger partial charge >= 0.3 is 5.97 Å². The highest BCUT2D eigenvalue weighted by atomic mass is 79.9. The molecule has 2 N–H and O–H groups in total. The van der Waals surface area contributed by atoms with Crippen molar-refractivity contribution in [1.82, 2.24) is 4.90 Å². The molecule has 0 radical (unpaired) electrons. The molecule has 2 aliphatic rings. The lowest BCUT2D eigenvalue weighted by Gasteiger charge is -2.28. The monoisotopic (exact) mass is 575 g/mol. The van der Waals surface area contributed by atoms with E-state index in [1.54, 1.807) is 30.3 Å². The quantitative estimate of drug-likeness (QED) is 0.455. The molecule has 36 heavy (non-hydrogen) atoms. The number of benzene rings is 2. The summed E-state index contributed by atoms with van der Waals surface area (Å²) in [4.78, 5) is 51.9. The highest BCUT2D eigenvalue weighted by molar-refractivity contribution is 9.10. The Hall–Kier alpha value is -3.35. The largest absolute Gasteiger partial charge is 0.481 e. The molecule has 2 fully saturated rings. The Morgan fingerprint density at radius 1 is 1.14 bits per heavy atom. The molecular weight excluding hydrogens is 554 g/mol. The van der Waals surface area contributed by atoms with Gasteiger partial charge in [-0.15, -0.1) is 0 Å². The zero-order chi connectivity index (χ0) is 25.7. The number of nitrogens with one attached hydrogen (secondary N) is 1. The van der Waals surface area contributed by atoms with Crippen LogP contribution in [0.3, 0.4) is 0 Å². The molecule has 0 aliphatic carbocycles. The molecular formula is C24H22BrN3O7S.